The summed E-state index contributed by atoms with van der Waals surface area (Å²) in [5.74, 6) is 5.33. The Labute approximate surface area is 82.9 Å². The maximum Gasteiger partial charge on any atom is 0.252 e. The van der Waals surface area contributed by atoms with Crippen molar-refractivity contribution in [3.05, 3.63) is 0 Å². The Kier molecular flexibility index (Phi) is 7.87. The van der Waals surface area contributed by atoms with Crippen LogP contribution in [0.5, 0.6) is 0 Å². The topological polar surface area (TPSA) is 47.7 Å². The van der Waals surface area contributed by atoms with Crippen LogP contribution < -0.4 is 5.84 Å². The van der Waals surface area contributed by atoms with Crippen LogP contribution in [-0.2, 0) is 9.47 Å². The van der Waals surface area contributed by atoms with Crippen molar-refractivity contribution in [2.45, 2.75) is 26.6 Å². The normalized spacial score (nSPS) is 12.0. The first-order chi connectivity index (χ1) is 6.60. The molecule has 0 aromatic rings. The molecule has 0 aliphatic heterocycles. The molecule has 0 rings (SSSR count). The number of alkyl halides is 2. The maximum atomic E-state index is 11.9. The number of ether oxygens (including phenoxy) is 2. The van der Waals surface area contributed by atoms with Crippen molar-refractivity contribution in [3.8, 4) is 0 Å². The lowest BCUT2D eigenvalue weighted by Crippen LogP contribution is -2.42. The molecule has 0 fully saturated rings. The largest absolute Gasteiger partial charge is 0.352 e. The molecule has 4 nitrogen and oxygen atoms in total. The van der Waals surface area contributed by atoms with Crippen LogP contribution in [0.3, 0.4) is 0 Å². The Bertz CT molecular complexity index is 133. The molecule has 0 spiro atoms. The van der Waals surface area contributed by atoms with Crippen molar-refractivity contribution in [3.63, 3.8) is 0 Å². The summed E-state index contributed by atoms with van der Waals surface area (Å²) in [6.07, 6.45) is -2.97. The summed E-state index contributed by atoms with van der Waals surface area (Å²) >= 11 is 0. The van der Waals surface area contributed by atoms with Gasteiger partial charge in [0.25, 0.3) is 6.43 Å². The molecule has 0 aliphatic rings. The first-order valence-corrected chi connectivity index (χ1v) is 4.61. The third kappa shape index (κ3) is 7.14. The molecule has 0 unspecified atom stereocenters. The lowest BCUT2D eigenvalue weighted by molar-refractivity contribution is -0.149. The number of hydrogen-bond donors (Lipinski definition) is 1. The summed E-state index contributed by atoms with van der Waals surface area (Å²) in [5.41, 5.74) is 0. The second-order valence-corrected chi connectivity index (χ2v) is 2.69. The van der Waals surface area contributed by atoms with E-state index in [1.165, 1.54) is 0 Å². The Morgan fingerprint density at radius 1 is 1.14 bits per heavy atom. The van der Waals surface area contributed by atoms with Gasteiger partial charge in [-0.25, -0.2) is 13.8 Å². The lowest BCUT2D eigenvalue weighted by atomic mass is 10.5. The van der Waals surface area contributed by atoms with Gasteiger partial charge in [0.15, 0.2) is 6.29 Å². The van der Waals surface area contributed by atoms with E-state index in [1.807, 2.05) is 0 Å². The number of hydrogen-bond acceptors (Lipinski definition) is 4. The Hall–Kier alpha value is -0.300. The molecule has 0 aromatic carbocycles. The van der Waals surface area contributed by atoms with Crippen molar-refractivity contribution >= 4 is 0 Å². The molecule has 2 N–H and O–H groups in total. The molecular formula is C8H18F2N2O2. The van der Waals surface area contributed by atoms with Crippen LogP contribution in [0.25, 0.3) is 0 Å². The fourth-order valence-electron chi connectivity index (χ4n) is 0.969. The molecule has 0 saturated carbocycles. The first kappa shape index (κ1) is 13.7. The average molecular weight is 212 g/mol. The van der Waals surface area contributed by atoms with Gasteiger partial charge in [0.1, 0.15) is 0 Å². The van der Waals surface area contributed by atoms with Crippen molar-refractivity contribution < 1.29 is 18.3 Å². The first-order valence-electron chi connectivity index (χ1n) is 4.61. The summed E-state index contributed by atoms with van der Waals surface area (Å²) < 4.78 is 34.1. The highest BCUT2D eigenvalue weighted by Crippen LogP contribution is 1.99. The molecule has 0 atom stereocenters. The molecule has 14 heavy (non-hydrogen) atoms. The number of halogens is 2. The summed E-state index contributed by atoms with van der Waals surface area (Å²) in [7, 11) is 0. The van der Waals surface area contributed by atoms with Gasteiger partial charge in [-0.1, -0.05) is 0 Å². The van der Waals surface area contributed by atoms with E-state index < -0.39 is 19.3 Å². The minimum Gasteiger partial charge on any atom is -0.352 e. The summed E-state index contributed by atoms with van der Waals surface area (Å²) in [6, 6.07) is 0. The van der Waals surface area contributed by atoms with E-state index in [4.69, 9.17) is 15.3 Å². The summed E-state index contributed by atoms with van der Waals surface area (Å²) in [6.45, 7) is 4.21. The second kappa shape index (κ2) is 8.05. The standard InChI is InChI=1S/C8H18F2N2O2/c1-3-13-8(14-4-2)6-12(11)5-7(9)10/h7-8H,3-6,11H2,1-2H3. The number of nitrogens with two attached hydrogens (primary N) is 1. The molecule has 0 amide bonds. The molecule has 6 heteroatoms. The summed E-state index contributed by atoms with van der Waals surface area (Å²) in [5, 5.41) is 1.00. The van der Waals surface area contributed by atoms with Crippen molar-refractivity contribution in [1.29, 1.82) is 0 Å². The number of hydrazine groups is 1. The van der Waals surface area contributed by atoms with E-state index in [9.17, 15) is 8.78 Å². The van der Waals surface area contributed by atoms with Gasteiger partial charge in [0, 0.05) is 13.2 Å². The molecule has 0 radical (unpaired) electrons. The SMILES string of the molecule is CCOC(CN(N)CC(F)F)OCC. The molecule has 0 aromatic heterocycles. The van der Waals surface area contributed by atoms with Gasteiger partial charge in [0.05, 0.1) is 13.1 Å². The lowest BCUT2D eigenvalue weighted by Gasteiger charge is -2.22. The molecule has 0 aliphatic carbocycles. The zero-order valence-corrected chi connectivity index (χ0v) is 8.58. The zero-order valence-electron chi connectivity index (χ0n) is 8.58. The fraction of sp³-hybridized carbons (Fsp3) is 1.00. The molecule has 0 saturated heterocycles. The molecule has 86 valence electrons. The Morgan fingerprint density at radius 3 is 2.00 bits per heavy atom. The molecular weight excluding hydrogens is 194 g/mol. The molecule has 0 bridgehead atoms. The smallest absolute Gasteiger partial charge is 0.252 e. The minimum atomic E-state index is -2.44. The van der Waals surface area contributed by atoms with Gasteiger partial charge in [-0.15, -0.1) is 0 Å². The highest BCUT2D eigenvalue weighted by Gasteiger charge is 2.14. The number of nitrogens with zero attached hydrogens (tertiary/aromatic N) is 1. The number of rotatable bonds is 8. The van der Waals surface area contributed by atoms with Gasteiger partial charge < -0.3 is 9.47 Å². The maximum absolute atomic E-state index is 11.9. The second-order valence-electron chi connectivity index (χ2n) is 2.69. The zero-order chi connectivity index (χ0) is 11.0. The third-order valence-electron chi connectivity index (χ3n) is 1.46. The van der Waals surface area contributed by atoms with E-state index in [1.54, 1.807) is 13.8 Å². The average Bonchev–Trinajstić information content (AvgIpc) is 2.03. The van der Waals surface area contributed by atoms with Gasteiger partial charge in [-0.3, -0.25) is 5.84 Å². The van der Waals surface area contributed by atoms with Gasteiger partial charge in [-0.2, -0.15) is 0 Å². The predicted octanol–water partition coefficient (Wildman–Crippen LogP) is 0.826. The van der Waals surface area contributed by atoms with E-state index in [0.717, 1.165) is 5.01 Å². The molecule has 0 heterocycles. The van der Waals surface area contributed by atoms with E-state index in [-0.39, 0.29) is 6.54 Å². The Morgan fingerprint density at radius 2 is 1.64 bits per heavy atom. The van der Waals surface area contributed by atoms with Crippen LogP contribution in [0.2, 0.25) is 0 Å². The minimum absolute atomic E-state index is 0.145. The highest BCUT2D eigenvalue weighted by atomic mass is 19.3. The van der Waals surface area contributed by atoms with Gasteiger partial charge in [-0.05, 0) is 13.8 Å². The van der Waals surface area contributed by atoms with Gasteiger partial charge >= 0.3 is 0 Å². The quantitative estimate of drug-likeness (QED) is 0.368. The van der Waals surface area contributed by atoms with Crippen LogP contribution in [0.1, 0.15) is 13.8 Å². The Balaban J connectivity index is 3.76. The van der Waals surface area contributed by atoms with Crippen molar-refractivity contribution in [2.75, 3.05) is 26.3 Å². The van der Waals surface area contributed by atoms with Crippen LogP contribution >= 0.6 is 0 Å². The van der Waals surface area contributed by atoms with Gasteiger partial charge in [0.2, 0.25) is 0 Å². The van der Waals surface area contributed by atoms with Crippen molar-refractivity contribution in [1.82, 2.24) is 5.01 Å². The third-order valence-corrected chi connectivity index (χ3v) is 1.46. The van der Waals surface area contributed by atoms with E-state index >= 15 is 0 Å². The van der Waals surface area contributed by atoms with Crippen molar-refractivity contribution in [2.24, 2.45) is 5.84 Å². The van der Waals surface area contributed by atoms with Crippen LogP contribution in [-0.4, -0.2) is 44.0 Å². The fourth-order valence-corrected chi connectivity index (χ4v) is 0.969. The van der Waals surface area contributed by atoms with E-state index in [2.05, 4.69) is 0 Å². The predicted molar refractivity (Wildman–Crippen MR) is 48.8 cm³/mol. The van der Waals surface area contributed by atoms with Crippen LogP contribution in [0.15, 0.2) is 0 Å². The monoisotopic (exact) mass is 212 g/mol. The summed E-state index contributed by atoms with van der Waals surface area (Å²) in [4.78, 5) is 0. The highest BCUT2D eigenvalue weighted by molar-refractivity contribution is 4.54. The van der Waals surface area contributed by atoms with Crippen LogP contribution in [0.4, 0.5) is 8.78 Å². The van der Waals surface area contributed by atoms with Crippen LogP contribution in [0, 0.1) is 0 Å². The van der Waals surface area contributed by atoms with E-state index in [0.29, 0.717) is 13.2 Å².